The SMILES string of the molecule is COc1ccccc1O[C@@H](C)C(=O)N(Cc1c(F)cccc1Cl)[C@@H]1CCS(=O)(=O)C1. The highest BCUT2D eigenvalue weighted by Crippen LogP contribution is 2.29. The minimum absolute atomic E-state index is 0.0196. The summed E-state index contributed by atoms with van der Waals surface area (Å²) in [6, 6.07) is 10.6. The Morgan fingerprint density at radius 1 is 1.23 bits per heavy atom. The van der Waals surface area contributed by atoms with Gasteiger partial charge in [0.15, 0.2) is 27.4 Å². The molecule has 0 saturated carbocycles. The molecule has 0 radical (unpaired) electrons. The average molecular weight is 456 g/mol. The molecule has 1 aliphatic heterocycles. The van der Waals surface area contributed by atoms with E-state index in [2.05, 4.69) is 0 Å². The quantitative estimate of drug-likeness (QED) is 0.639. The van der Waals surface area contributed by atoms with Crippen molar-refractivity contribution in [3.05, 3.63) is 58.9 Å². The Balaban J connectivity index is 1.88. The summed E-state index contributed by atoms with van der Waals surface area (Å²) in [5, 5.41) is 0.173. The zero-order chi connectivity index (χ0) is 21.9. The molecule has 0 aromatic heterocycles. The highest BCUT2D eigenvalue weighted by Gasteiger charge is 2.37. The van der Waals surface area contributed by atoms with Crippen molar-refractivity contribution >= 4 is 27.3 Å². The Labute approximate surface area is 180 Å². The summed E-state index contributed by atoms with van der Waals surface area (Å²) in [6.07, 6.45) is -0.670. The molecule has 9 heteroatoms. The van der Waals surface area contributed by atoms with Gasteiger partial charge in [0.2, 0.25) is 0 Å². The number of sulfone groups is 1. The fourth-order valence-corrected chi connectivity index (χ4v) is 5.41. The van der Waals surface area contributed by atoms with Crippen LogP contribution >= 0.6 is 11.6 Å². The van der Waals surface area contributed by atoms with Gasteiger partial charge in [0.05, 0.1) is 25.2 Å². The first kappa shape index (κ1) is 22.4. The molecule has 6 nitrogen and oxygen atoms in total. The van der Waals surface area contributed by atoms with Gasteiger partial charge >= 0.3 is 0 Å². The standard InChI is InChI=1S/C21H23ClFNO5S/c1-14(29-20-9-4-3-8-19(20)28-2)21(25)24(15-10-11-30(26,27)13-15)12-16-17(22)6-5-7-18(16)23/h3-9,14-15H,10-13H2,1-2H3/t14-,15+/m0/s1. The monoisotopic (exact) mass is 455 g/mol. The molecule has 0 aliphatic carbocycles. The normalized spacial score (nSPS) is 18.6. The van der Waals surface area contributed by atoms with Gasteiger partial charge in [0, 0.05) is 16.6 Å². The van der Waals surface area contributed by atoms with Gasteiger partial charge in [-0.05, 0) is 37.6 Å². The lowest BCUT2D eigenvalue weighted by molar-refractivity contribution is -0.140. The van der Waals surface area contributed by atoms with Crippen LogP contribution in [0.5, 0.6) is 11.5 Å². The predicted molar refractivity (Wildman–Crippen MR) is 112 cm³/mol. The third kappa shape index (κ3) is 5.05. The number of carbonyl (C=O) groups excluding carboxylic acids is 1. The lowest BCUT2D eigenvalue weighted by Crippen LogP contribution is -2.46. The van der Waals surface area contributed by atoms with Crippen molar-refractivity contribution in [2.45, 2.75) is 32.0 Å². The van der Waals surface area contributed by atoms with E-state index >= 15 is 0 Å². The molecule has 2 atom stereocenters. The number of hydrogen-bond acceptors (Lipinski definition) is 5. The van der Waals surface area contributed by atoms with E-state index in [0.29, 0.717) is 11.5 Å². The van der Waals surface area contributed by atoms with E-state index < -0.39 is 33.7 Å². The summed E-state index contributed by atoms with van der Waals surface area (Å²) in [5.74, 6) is -0.366. The summed E-state index contributed by atoms with van der Waals surface area (Å²) >= 11 is 6.15. The molecule has 1 amide bonds. The maximum absolute atomic E-state index is 14.4. The molecule has 0 spiro atoms. The van der Waals surface area contributed by atoms with Crippen molar-refractivity contribution in [2.24, 2.45) is 0 Å². The van der Waals surface area contributed by atoms with Gasteiger partial charge in [0.1, 0.15) is 5.82 Å². The largest absolute Gasteiger partial charge is 0.493 e. The number of benzene rings is 2. The molecular weight excluding hydrogens is 433 g/mol. The summed E-state index contributed by atoms with van der Waals surface area (Å²) in [4.78, 5) is 14.6. The van der Waals surface area contributed by atoms with Gasteiger partial charge < -0.3 is 14.4 Å². The average Bonchev–Trinajstić information content (AvgIpc) is 3.07. The van der Waals surface area contributed by atoms with Gasteiger partial charge in [-0.2, -0.15) is 0 Å². The molecule has 0 unspecified atom stereocenters. The first-order chi connectivity index (χ1) is 14.2. The van der Waals surface area contributed by atoms with E-state index in [1.165, 1.54) is 30.2 Å². The number of amides is 1. The van der Waals surface area contributed by atoms with E-state index in [0.717, 1.165) is 0 Å². The third-order valence-corrected chi connectivity index (χ3v) is 7.15. The second-order valence-corrected chi connectivity index (χ2v) is 9.77. The minimum Gasteiger partial charge on any atom is -0.493 e. The molecule has 0 bridgehead atoms. The van der Waals surface area contributed by atoms with Crippen LogP contribution in [0.2, 0.25) is 5.02 Å². The van der Waals surface area contributed by atoms with Crippen LogP contribution in [-0.4, -0.2) is 50.0 Å². The van der Waals surface area contributed by atoms with Crippen LogP contribution in [0.4, 0.5) is 4.39 Å². The van der Waals surface area contributed by atoms with E-state index in [4.69, 9.17) is 21.1 Å². The lowest BCUT2D eigenvalue weighted by atomic mass is 10.1. The van der Waals surface area contributed by atoms with Gasteiger partial charge in [0.25, 0.3) is 5.91 Å². The molecule has 162 valence electrons. The topological polar surface area (TPSA) is 72.9 Å². The third-order valence-electron chi connectivity index (χ3n) is 5.04. The number of nitrogens with zero attached hydrogens (tertiary/aromatic N) is 1. The highest BCUT2D eigenvalue weighted by molar-refractivity contribution is 7.91. The number of ether oxygens (including phenoxy) is 2. The number of para-hydroxylation sites is 2. The van der Waals surface area contributed by atoms with Gasteiger partial charge in [-0.3, -0.25) is 4.79 Å². The maximum atomic E-state index is 14.4. The van der Waals surface area contributed by atoms with E-state index in [1.54, 1.807) is 31.2 Å². The molecule has 1 saturated heterocycles. The number of methoxy groups -OCH3 is 1. The summed E-state index contributed by atoms with van der Waals surface area (Å²) in [6.45, 7) is 1.42. The first-order valence-electron chi connectivity index (χ1n) is 9.45. The Kier molecular flexibility index (Phi) is 6.88. The van der Waals surface area contributed by atoms with Crippen molar-refractivity contribution in [1.29, 1.82) is 0 Å². The lowest BCUT2D eigenvalue weighted by Gasteiger charge is -2.31. The molecule has 2 aromatic carbocycles. The van der Waals surface area contributed by atoms with Gasteiger partial charge in [-0.15, -0.1) is 0 Å². The van der Waals surface area contributed by atoms with Crippen LogP contribution in [0.25, 0.3) is 0 Å². The first-order valence-corrected chi connectivity index (χ1v) is 11.6. The Morgan fingerprint density at radius 2 is 1.93 bits per heavy atom. The van der Waals surface area contributed by atoms with Crippen molar-refractivity contribution in [2.75, 3.05) is 18.6 Å². The molecule has 3 rings (SSSR count). The summed E-state index contributed by atoms with van der Waals surface area (Å²) in [7, 11) is -1.77. The number of rotatable bonds is 7. The zero-order valence-corrected chi connectivity index (χ0v) is 18.2. The van der Waals surface area contributed by atoms with E-state index in [1.807, 2.05) is 0 Å². The molecule has 1 aliphatic rings. The van der Waals surface area contributed by atoms with Crippen LogP contribution in [0.3, 0.4) is 0 Å². The molecule has 1 heterocycles. The maximum Gasteiger partial charge on any atom is 0.263 e. The van der Waals surface area contributed by atoms with E-state index in [-0.39, 0.29) is 35.1 Å². The number of halogens is 2. The fraction of sp³-hybridized carbons (Fsp3) is 0.381. The van der Waals surface area contributed by atoms with Gasteiger partial charge in [-0.25, -0.2) is 12.8 Å². The van der Waals surface area contributed by atoms with Crippen molar-refractivity contribution in [1.82, 2.24) is 4.90 Å². The predicted octanol–water partition coefficient (Wildman–Crippen LogP) is 3.47. The van der Waals surface area contributed by atoms with Crippen LogP contribution in [0.1, 0.15) is 18.9 Å². The van der Waals surface area contributed by atoms with Crippen LogP contribution < -0.4 is 9.47 Å². The summed E-state index contributed by atoms with van der Waals surface area (Å²) < 4.78 is 49.4. The van der Waals surface area contributed by atoms with Crippen LogP contribution in [-0.2, 0) is 21.2 Å². The summed E-state index contributed by atoms with van der Waals surface area (Å²) in [5.41, 5.74) is 0.140. The molecular formula is C21H23ClFNO5S. The van der Waals surface area contributed by atoms with Crippen LogP contribution in [0.15, 0.2) is 42.5 Å². The van der Waals surface area contributed by atoms with Crippen LogP contribution in [0, 0.1) is 5.82 Å². The fourth-order valence-electron chi connectivity index (χ4n) is 3.45. The van der Waals surface area contributed by atoms with Crippen molar-refractivity contribution < 1.29 is 27.1 Å². The molecule has 2 aromatic rings. The minimum atomic E-state index is -3.26. The Morgan fingerprint density at radius 3 is 2.53 bits per heavy atom. The van der Waals surface area contributed by atoms with Crippen molar-refractivity contribution in [3.8, 4) is 11.5 Å². The number of hydrogen-bond donors (Lipinski definition) is 0. The number of carbonyl (C=O) groups is 1. The second kappa shape index (κ2) is 9.22. The second-order valence-electron chi connectivity index (χ2n) is 7.13. The molecule has 0 N–H and O–H groups in total. The van der Waals surface area contributed by atoms with E-state index in [9.17, 15) is 17.6 Å². The molecule has 1 fully saturated rings. The zero-order valence-electron chi connectivity index (χ0n) is 16.7. The molecule has 30 heavy (non-hydrogen) atoms. The Bertz CT molecular complexity index is 1010. The smallest absolute Gasteiger partial charge is 0.263 e. The highest BCUT2D eigenvalue weighted by atomic mass is 35.5. The van der Waals surface area contributed by atoms with Gasteiger partial charge in [-0.1, -0.05) is 29.8 Å². The Hall–Kier alpha value is -2.32. The van der Waals surface area contributed by atoms with Crippen molar-refractivity contribution in [3.63, 3.8) is 0 Å².